The van der Waals surface area contributed by atoms with Crippen LogP contribution in [0.4, 0.5) is 0 Å². The highest BCUT2D eigenvalue weighted by Gasteiger charge is 2.29. The molecule has 0 aromatic carbocycles. The van der Waals surface area contributed by atoms with Crippen LogP contribution in [0.5, 0.6) is 0 Å². The molecule has 2 aromatic heterocycles. The minimum absolute atomic E-state index is 0.161. The molecule has 23 heavy (non-hydrogen) atoms. The minimum atomic E-state index is -0.161. The van der Waals surface area contributed by atoms with Crippen LogP contribution in [0.1, 0.15) is 27.2 Å². The van der Waals surface area contributed by atoms with Gasteiger partial charge in [0, 0.05) is 20.1 Å². The van der Waals surface area contributed by atoms with Crippen molar-refractivity contribution in [3.63, 3.8) is 0 Å². The van der Waals surface area contributed by atoms with Crippen LogP contribution < -0.4 is 0 Å². The van der Waals surface area contributed by atoms with Crippen LogP contribution in [0.3, 0.4) is 0 Å². The molecule has 1 amide bonds. The van der Waals surface area contributed by atoms with Crippen molar-refractivity contribution in [2.24, 2.45) is 18.9 Å². The first-order valence-electron chi connectivity index (χ1n) is 8.04. The van der Waals surface area contributed by atoms with Gasteiger partial charge in [-0.3, -0.25) is 9.48 Å². The first kappa shape index (κ1) is 16.2. The monoisotopic (exact) mass is 333 g/mol. The van der Waals surface area contributed by atoms with Gasteiger partial charge in [-0.1, -0.05) is 25.6 Å². The second-order valence-electron chi connectivity index (χ2n) is 6.63. The molecule has 3 rings (SSSR count). The lowest BCUT2D eigenvalue weighted by Gasteiger charge is -2.36. The van der Waals surface area contributed by atoms with Gasteiger partial charge in [0.1, 0.15) is 11.4 Å². The highest BCUT2D eigenvalue weighted by atomic mass is 32.2. The molecule has 1 fully saturated rings. The van der Waals surface area contributed by atoms with Gasteiger partial charge in [-0.15, -0.1) is 0 Å². The Morgan fingerprint density at radius 1 is 1.30 bits per heavy atom. The second-order valence-corrected chi connectivity index (χ2v) is 7.96. The van der Waals surface area contributed by atoms with Gasteiger partial charge in [0.2, 0.25) is 5.91 Å². The molecule has 0 spiro atoms. The molecule has 1 aliphatic heterocycles. The molecule has 1 aliphatic rings. The maximum absolute atomic E-state index is 12.8. The number of hydrogen-bond donors (Lipinski definition) is 0. The third-order valence-electron chi connectivity index (χ3n) is 4.31. The molecule has 6 nitrogen and oxygen atoms in total. The zero-order chi connectivity index (χ0) is 16.6. The van der Waals surface area contributed by atoms with Crippen LogP contribution >= 0.6 is 11.8 Å². The summed E-state index contributed by atoms with van der Waals surface area (Å²) in [5, 5.41) is 5.79. The van der Waals surface area contributed by atoms with Crippen molar-refractivity contribution in [1.29, 1.82) is 0 Å². The molecule has 0 saturated carbocycles. The van der Waals surface area contributed by atoms with Crippen molar-refractivity contribution < 1.29 is 4.79 Å². The normalized spacial score (nSPS) is 23.2. The van der Waals surface area contributed by atoms with Gasteiger partial charge in [-0.2, -0.15) is 5.10 Å². The standard InChI is InChI=1S/C16H23N5OS/c1-10-5-11(2)8-21(7-10)16(22)12(3)23-15-13-6-19-20(4)14(13)17-9-18-15/h6,9-12H,5,7-8H2,1-4H3. The summed E-state index contributed by atoms with van der Waals surface area (Å²) in [6, 6.07) is 0. The summed E-state index contributed by atoms with van der Waals surface area (Å²) in [6.45, 7) is 8.12. The summed E-state index contributed by atoms with van der Waals surface area (Å²) >= 11 is 1.49. The fourth-order valence-corrected chi connectivity index (χ4v) is 4.32. The van der Waals surface area contributed by atoms with Gasteiger partial charge in [-0.25, -0.2) is 9.97 Å². The van der Waals surface area contributed by atoms with Gasteiger partial charge in [0.25, 0.3) is 0 Å². The van der Waals surface area contributed by atoms with Crippen molar-refractivity contribution in [3.05, 3.63) is 12.5 Å². The second kappa shape index (κ2) is 6.47. The number of hydrogen-bond acceptors (Lipinski definition) is 5. The Kier molecular flexibility index (Phi) is 4.57. The van der Waals surface area contributed by atoms with E-state index in [1.807, 2.05) is 18.9 Å². The van der Waals surface area contributed by atoms with Gasteiger partial charge in [-0.05, 0) is 25.2 Å². The van der Waals surface area contributed by atoms with E-state index in [4.69, 9.17) is 0 Å². The third-order valence-corrected chi connectivity index (χ3v) is 5.41. The predicted octanol–water partition coefficient (Wildman–Crippen LogP) is 2.35. The van der Waals surface area contributed by atoms with E-state index >= 15 is 0 Å². The van der Waals surface area contributed by atoms with Crippen LogP contribution in [0.2, 0.25) is 0 Å². The Hall–Kier alpha value is -1.63. The molecule has 3 unspecified atom stereocenters. The van der Waals surface area contributed by atoms with Crippen LogP contribution in [-0.2, 0) is 11.8 Å². The first-order chi connectivity index (χ1) is 11.0. The summed E-state index contributed by atoms with van der Waals surface area (Å²) in [7, 11) is 1.86. The van der Waals surface area contributed by atoms with E-state index < -0.39 is 0 Å². The number of amides is 1. The fraction of sp³-hybridized carbons (Fsp3) is 0.625. The van der Waals surface area contributed by atoms with E-state index in [-0.39, 0.29) is 11.2 Å². The SMILES string of the molecule is CC1CC(C)CN(C(=O)C(C)Sc2ncnc3c2cnn3C)C1. The van der Waals surface area contributed by atoms with Crippen LogP contribution in [0.25, 0.3) is 11.0 Å². The number of thioether (sulfide) groups is 1. The average molecular weight is 333 g/mol. The summed E-state index contributed by atoms with van der Waals surface area (Å²) in [6.07, 6.45) is 4.50. The smallest absolute Gasteiger partial charge is 0.235 e. The maximum atomic E-state index is 12.8. The van der Waals surface area contributed by atoms with Crippen LogP contribution in [-0.4, -0.2) is 48.9 Å². The van der Waals surface area contributed by atoms with E-state index in [1.54, 1.807) is 10.9 Å². The van der Waals surface area contributed by atoms with Gasteiger partial charge >= 0.3 is 0 Å². The highest BCUT2D eigenvalue weighted by molar-refractivity contribution is 8.00. The Morgan fingerprint density at radius 2 is 2.00 bits per heavy atom. The summed E-state index contributed by atoms with van der Waals surface area (Å²) in [4.78, 5) is 23.4. The van der Waals surface area contributed by atoms with Gasteiger partial charge in [0.05, 0.1) is 16.8 Å². The molecule has 0 N–H and O–H groups in total. The molecule has 0 bridgehead atoms. The highest BCUT2D eigenvalue weighted by Crippen LogP contribution is 2.30. The van der Waals surface area contributed by atoms with E-state index in [2.05, 4.69) is 28.9 Å². The zero-order valence-corrected chi connectivity index (χ0v) is 14.9. The largest absolute Gasteiger partial charge is 0.341 e. The topological polar surface area (TPSA) is 63.9 Å². The molecular weight excluding hydrogens is 310 g/mol. The number of likely N-dealkylation sites (tertiary alicyclic amines) is 1. The predicted molar refractivity (Wildman–Crippen MR) is 91.1 cm³/mol. The zero-order valence-electron chi connectivity index (χ0n) is 14.1. The van der Waals surface area contributed by atoms with Gasteiger partial charge < -0.3 is 4.90 Å². The number of aromatic nitrogens is 4. The Morgan fingerprint density at radius 3 is 2.70 bits per heavy atom. The molecule has 0 aliphatic carbocycles. The van der Waals surface area contributed by atoms with E-state index in [0.717, 1.165) is 29.1 Å². The van der Waals surface area contributed by atoms with Gasteiger partial charge in [0.15, 0.2) is 5.65 Å². The van der Waals surface area contributed by atoms with E-state index in [9.17, 15) is 4.79 Å². The quantitative estimate of drug-likeness (QED) is 0.637. The lowest BCUT2D eigenvalue weighted by atomic mass is 9.92. The number of carbonyl (C=O) groups is 1. The number of aryl methyl sites for hydroxylation is 1. The van der Waals surface area contributed by atoms with Crippen molar-refractivity contribution >= 4 is 28.7 Å². The Balaban J connectivity index is 1.75. The maximum Gasteiger partial charge on any atom is 0.235 e. The fourth-order valence-electron chi connectivity index (χ4n) is 3.35. The number of nitrogens with zero attached hydrogens (tertiary/aromatic N) is 5. The van der Waals surface area contributed by atoms with Crippen molar-refractivity contribution in [2.45, 2.75) is 37.5 Å². The molecule has 0 radical (unpaired) electrons. The number of piperidine rings is 1. The number of fused-ring (bicyclic) bond motifs is 1. The Labute approximate surface area is 140 Å². The van der Waals surface area contributed by atoms with Crippen molar-refractivity contribution in [3.8, 4) is 0 Å². The third kappa shape index (κ3) is 3.34. The molecule has 3 heterocycles. The minimum Gasteiger partial charge on any atom is -0.341 e. The molecular formula is C16H23N5OS. The van der Waals surface area contributed by atoms with Crippen LogP contribution in [0, 0.1) is 11.8 Å². The van der Waals surface area contributed by atoms with Crippen LogP contribution in [0.15, 0.2) is 17.6 Å². The molecule has 7 heteroatoms. The van der Waals surface area contributed by atoms with E-state index in [1.165, 1.54) is 24.5 Å². The summed E-state index contributed by atoms with van der Waals surface area (Å²) in [5.74, 6) is 1.34. The van der Waals surface area contributed by atoms with Crippen molar-refractivity contribution in [2.75, 3.05) is 13.1 Å². The van der Waals surface area contributed by atoms with Crippen molar-refractivity contribution in [1.82, 2.24) is 24.6 Å². The van der Waals surface area contributed by atoms with E-state index in [0.29, 0.717) is 11.8 Å². The summed E-state index contributed by atoms with van der Waals surface area (Å²) < 4.78 is 1.72. The first-order valence-corrected chi connectivity index (χ1v) is 8.91. The molecule has 2 aromatic rings. The lowest BCUT2D eigenvalue weighted by molar-refractivity contribution is -0.132. The summed E-state index contributed by atoms with van der Waals surface area (Å²) in [5.41, 5.74) is 0.794. The molecule has 124 valence electrons. The number of rotatable bonds is 3. The number of carbonyl (C=O) groups excluding carboxylic acids is 1. The molecule has 1 saturated heterocycles. The molecule has 3 atom stereocenters. The Bertz CT molecular complexity index is 706. The lowest BCUT2D eigenvalue weighted by Crippen LogP contribution is -2.45. The average Bonchev–Trinajstić information content (AvgIpc) is 2.88.